The van der Waals surface area contributed by atoms with E-state index in [9.17, 15) is 17.6 Å². The fourth-order valence-electron chi connectivity index (χ4n) is 2.66. The van der Waals surface area contributed by atoms with Gasteiger partial charge >= 0.3 is 0 Å². The molecule has 0 fully saturated rings. The third kappa shape index (κ3) is 5.58. The number of rotatable bonds is 8. The largest absolute Gasteiger partial charge is 0.301 e. The quantitative estimate of drug-likeness (QED) is 0.586. The van der Waals surface area contributed by atoms with Gasteiger partial charge in [-0.3, -0.25) is 9.10 Å². The van der Waals surface area contributed by atoms with E-state index in [1.54, 1.807) is 6.07 Å². The number of amides is 1. The van der Waals surface area contributed by atoms with Gasteiger partial charge in [0.05, 0.1) is 11.9 Å². The zero-order valence-electron chi connectivity index (χ0n) is 15.6. The van der Waals surface area contributed by atoms with E-state index in [1.165, 1.54) is 29.5 Å². The van der Waals surface area contributed by atoms with Gasteiger partial charge in [-0.1, -0.05) is 53.8 Å². The van der Waals surface area contributed by atoms with E-state index < -0.39 is 15.8 Å². The van der Waals surface area contributed by atoms with Crippen LogP contribution in [0.25, 0.3) is 10.6 Å². The number of nitrogens with zero attached hydrogens (tertiary/aromatic N) is 3. The topological polar surface area (TPSA) is 92.3 Å². The number of sulfonamides is 1. The Balaban J connectivity index is 1.58. The van der Waals surface area contributed by atoms with Gasteiger partial charge in [0, 0.05) is 18.5 Å². The smallest absolute Gasteiger partial charge is 0.232 e. The summed E-state index contributed by atoms with van der Waals surface area (Å²) in [5, 5.41) is 11.7. The van der Waals surface area contributed by atoms with Gasteiger partial charge in [0.15, 0.2) is 0 Å². The van der Waals surface area contributed by atoms with Crippen LogP contribution in [0.3, 0.4) is 0 Å². The van der Waals surface area contributed by atoms with Crippen molar-refractivity contribution < 1.29 is 17.6 Å². The highest BCUT2D eigenvalue weighted by Crippen LogP contribution is 2.26. The minimum atomic E-state index is -3.68. The van der Waals surface area contributed by atoms with Crippen molar-refractivity contribution in [2.75, 3.05) is 22.4 Å². The number of anilines is 2. The molecule has 10 heteroatoms. The van der Waals surface area contributed by atoms with Crippen molar-refractivity contribution in [3.63, 3.8) is 0 Å². The molecule has 1 amide bonds. The van der Waals surface area contributed by atoms with Gasteiger partial charge in [-0.25, -0.2) is 12.8 Å². The first-order valence-electron chi connectivity index (χ1n) is 8.75. The molecule has 3 aromatic rings. The molecule has 0 spiro atoms. The molecule has 0 aliphatic heterocycles. The second-order valence-corrected chi connectivity index (χ2v) is 9.10. The number of halogens is 1. The van der Waals surface area contributed by atoms with E-state index in [-0.39, 0.29) is 31.0 Å². The second kappa shape index (κ2) is 9.10. The predicted octanol–water partition coefficient (Wildman–Crippen LogP) is 3.53. The minimum absolute atomic E-state index is 0.0153. The minimum Gasteiger partial charge on any atom is -0.301 e. The fourth-order valence-corrected chi connectivity index (χ4v) is 4.39. The monoisotopic (exact) mass is 434 g/mol. The molecule has 0 aliphatic rings. The van der Waals surface area contributed by atoms with E-state index in [0.29, 0.717) is 10.1 Å². The zero-order chi connectivity index (χ0) is 20.9. The van der Waals surface area contributed by atoms with E-state index in [2.05, 4.69) is 15.5 Å². The lowest BCUT2D eigenvalue weighted by atomic mass is 10.2. The zero-order valence-corrected chi connectivity index (χ0v) is 17.2. The molecular weight excluding hydrogens is 415 g/mol. The molecular formula is C19H19FN4O3S2. The molecule has 1 aromatic heterocycles. The maximum atomic E-state index is 14.0. The molecule has 0 bridgehead atoms. The predicted molar refractivity (Wildman–Crippen MR) is 112 cm³/mol. The van der Waals surface area contributed by atoms with Crippen LogP contribution in [0.1, 0.15) is 12.8 Å². The maximum absolute atomic E-state index is 14.0. The highest BCUT2D eigenvalue weighted by Gasteiger charge is 2.20. The fraction of sp³-hybridized carbons (Fsp3) is 0.211. The van der Waals surface area contributed by atoms with Crippen molar-refractivity contribution in [3.05, 3.63) is 60.4 Å². The number of hydrogen-bond donors (Lipinski definition) is 1. The van der Waals surface area contributed by atoms with Crippen LogP contribution in [0, 0.1) is 5.82 Å². The number of hydrogen-bond acceptors (Lipinski definition) is 6. The molecule has 2 aromatic carbocycles. The van der Waals surface area contributed by atoms with Crippen LogP contribution < -0.4 is 9.62 Å². The van der Waals surface area contributed by atoms with Crippen molar-refractivity contribution >= 4 is 38.1 Å². The average Bonchev–Trinajstić information content (AvgIpc) is 3.14. The molecule has 0 aliphatic carbocycles. The molecule has 0 radical (unpaired) electrons. The first-order chi connectivity index (χ1) is 13.8. The van der Waals surface area contributed by atoms with Crippen LogP contribution in [0.15, 0.2) is 54.6 Å². The highest BCUT2D eigenvalue weighted by atomic mass is 32.2. The Kier molecular flexibility index (Phi) is 6.55. The Labute approximate surface area is 172 Å². The summed E-state index contributed by atoms with van der Waals surface area (Å²) < 4.78 is 39.0. The number of carbonyl (C=O) groups excluding carboxylic acids is 1. The first kappa shape index (κ1) is 20.9. The standard InChI is InChI=1S/C19H19FN4O3S2/c1-29(26,27)24(16-11-6-5-10-15(16)20)13-7-12-17(25)21-19-23-22-18(28-19)14-8-3-2-4-9-14/h2-6,8-11H,7,12-13H2,1H3,(H,21,23,25). The third-order valence-corrected chi connectivity index (χ3v) is 6.05. The summed E-state index contributed by atoms with van der Waals surface area (Å²) in [4.78, 5) is 12.2. The summed E-state index contributed by atoms with van der Waals surface area (Å²) >= 11 is 1.25. The Hall–Kier alpha value is -2.85. The van der Waals surface area contributed by atoms with Crippen molar-refractivity contribution in [2.24, 2.45) is 0 Å². The number of benzene rings is 2. The van der Waals surface area contributed by atoms with Crippen LogP contribution >= 0.6 is 11.3 Å². The summed E-state index contributed by atoms with van der Waals surface area (Å²) in [5.74, 6) is -0.951. The number of para-hydroxylation sites is 1. The molecule has 0 unspecified atom stereocenters. The third-order valence-electron chi connectivity index (χ3n) is 3.98. The Bertz CT molecular complexity index is 1090. The molecule has 152 valence electrons. The van der Waals surface area contributed by atoms with Crippen molar-refractivity contribution in [1.29, 1.82) is 0 Å². The van der Waals surface area contributed by atoms with Crippen LogP contribution in [0.2, 0.25) is 0 Å². The summed E-state index contributed by atoms with van der Waals surface area (Å²) in [6.45, 7) is -0.0153. The number of aromatic nitrogens is 2. The van der Waals surface area contributed by atoms with Crippen LogP contribution in [-0.4, -0.2) is 37.3 Å². The Morgan fingerprint density at radius 1 is 1.10 bits per heavy atom. The summed E-state index contributed by atoms with van der Waals surface area (Å²) in [6, 6.07) is 15.1. The SMILES string of the molecule is CS(=O)(=O)N(CCCC(=O)Nc1nnc(-c2ccccc2)s1)c1ccccc1F. The Morgan fingerprint density at radius 2 is 1.79 bits per heavy atom. The van der Waals surface area contributed by atoms with Crippen molar-refractivity contribution in [3.8, 4) is 10.6 Å². The van der Waals surface area contributed by atoms with Gasteiger partial charge in [-0.15, -0.1) is 10.2 Å². The van der Waals surface area contributed by atoms with Crippen molar-refractivity contribution in [1.82, 2.24) is 10.2 Å². The van der Waals surface area contributed by atoms with Gasteiger partial charge in [0.1, 0.15) is 10.8 Å². The van der Waals surface area contributed by atoms with Gasteiger partial charge in [0.2, 0.25) is 21.1 Å². The Morgan fingerprint density at radius 3 is 2.48 bits per heavy atom. The molecule has 1 N–H and O–H groups in total. The lowest BCUT2D eigenvalue weighted by Crippen LogP contribution is -2.32. The second-order valence-electron chi connectivity index (χ2n) is 6.22. The van der Waals surface area contributed by atoms with Gasteiger partial charge in [0.25, 0.3) is 0 Å². The summed E-state index contributed by atoms with van der Waals surface area (Å²) in [5.41, 5.74) is 0.867. The van der Waals surface area contributed by atoms with Crippen molar-refractivity contribution in [2.45, 2.75) is 12.8 Å². The molecule has 0 atom stereocenters. The van der Waals surface area contributed by atoms with Crippen LogP contribution in [0.4, 0.5) is 15.2 Å². The summed E-state index contributed by atoms with van der Waals surface area (Å²) in [7, 11) is -3.68. The average molecular weight is 435 g/mol. The lowest BCUT2D eigenvalue weighted by molar-refractivity contribution is -0.116. The van der Waals surface area contributed by atoms with Gasteiger partial charge < -0.3 is 5.32 Å². The van der Waals surface area contributed by atoms with Gasteiger partial charge in [-0.05, 0) is 18.6 Å². The normalized spacial score (nSPS) is 11.2. The first-order valence-corrected chi connectivity index (χ1v) is 11.4. The van der Waals surface area contributed by atoms with E-state index in [4.69, 9.17) is 0 Å². The molecule has 29 heavy (non-hydrogen) atoms. The molecule has 1 heterocycles. The highest BCUT2D eigenvalue weighted by molar-refractivity contribution is 7.92. The molecule has 0 saturated heterocycles. The van der Waals surface area contributed by atoms with Crippen LogP contribution in [-0.2, 0) is 14.8 Å². The van der Waals surface area contributed by atoms with E-state index in [0.717, 1.165) is 16.1 Å². The number of carbonyl (C=O) groups is 1. The number of nitrogens with one attached hydrogen (secondary N) is 1. The molecule has 3 rings (SSSR count). The van der Waals surface area contributed by atoms with E-state index in [1.807, 2.05) is 30.3 Å². The summed E-state index contributed by atoms with van der Waals surface area (Å²) in [6.07, 6.45) is 1.28. The van der Waals surface area contributed by atoms with Gasteiger partial charge in [-0.2, -0.15) is 0 Å². The van der Waals surface area contributed by atoms with E-state index >= 15 is 0 Å². The maximum Gasteiger partial charge on any atom is 0.232 e. The lowest BCUT2D eigenvalue weighted by Gasteiger charge is -2.22. The molecule has 0 saturated carbocycles. The van der Waals surface area contributed by atoms with Crippen LogP contribution in [0.5, 0.6) is 0 Å². The molecule has 7 nitrogen and oxygen atoms in total.